The van der Waals surface area contributed by atoms with Gasteiger partial charge in [-0.3, -0.25) is 0 Å². The molecule has 0 aliphatic heterocycles. The molecule has 0 saturated carbocycles. The monoisotopic (exact) mass is 320 g/mol. The molecule has 0 radical (unpaired) electrons. The second kappa shape index (κ2) is 5.29. The molecule has 3 nitrogen and oxygen atoms in total. The van der Waals surface area contributed by atoms with Crippen molar-refractivity contribution in [3.8, 4) is 17.6 Å². The van der Waals surface area contributed by atoms with E-state index in [0.717, 1.165) is 5.56 Å². The highest BCUT2D eigenvalue weighted by molar-refractivity contribution is 9.10. The third-order valence-corrected chi connectivity index (χ3v) is 3.22. The number of nitrogen functional groups attached to an aromatic ring is 1. The van der Waals surface area contributed by atoms with Gasteiger partial charge in [-0.2, -0.15) is 5.26 Å². The second-order valence-electron chi connectivity index (χ2n) is 4.00. The van der Waals surface area contributed by atoms with Gasteiger partial charge in [0.25, 0.3) is 0 Å². The van der Waals surface area contributed by atoms with Crippen LogP contribution in [0.2, 0.25) is 0 Å². The van der Waals surface area contributed by atoms with E-state index in [1.54, 1.807) is 25.1 Å². The molecule has 96 valence electrons. The number of nitrogens with zero attached hydrogens (tertiary/aromatic N) is 1. The molecule has 0 aromatic heterocycles. The summed E-state index contributed by atoms with van der Waals surface area (Å²) in [5.74, 6) is -0.00135. The SMILES string of the molecule is Cc1cc(Oc2ccc(C#N)cc2Br)c(F)cc1N. The Balaban J connectivity index is 2.37. The molecule has 19 heavy (non-hydrogen) atoms. The van der Waals surface area contributed by atoms with Gasteiger partial charge in [-0.25, -0.2) is 4.39 Å². The number of hydrogen-bond acceptors (Lipinski definition) is 3. The summed E-state index contributed by atoms with van der Waals surface area (Å²) in [5.41, 5.74) is 7.22. The van der Waals surface area contributed by atoms with Crippen molar-refractivity contribution in [2.75, 3.05) is 5.73 Å². The molecule has 2 N–H and O–H groups in total. The van der Waals surface area contributed by atoms with Crippen LogP contribution < -0.4 is 10.5 Å². The van der Waals surface area contributed by atoms with Crippen LogP contribution in [-0.4, -0.2) is 0 Å². The summed E-state index contributed by atoms with van der Waals surface area (Å²) in [7, 11) is 0. The van der Waals surface area contributed by atoms with E-state index in [0.29, 0.717) is 21.5 Å². The summed E-state index contributed by atoms with van der Waals surface area (Å²) in [5, 5.41) is 8.77. The van der Waals surface area contributed by atoms with Crippen LogP contribution in [0, 0.1) is 24.1 Å². The van der Waals surface area contributed by atoms with Crippen LogP contribution in [0.25, 0.3) is 0 Å². The molecular weight excluding hydrogens is 311 g/mol. The fourth-order valence-corrected chi connectivity index (χ4v) is 1.98. The first-order chi connectivity index (χ1) is 9.01. The molecule has 0 atom stereocenters. The lowest BCUT2D eigenvalue weighted by atomic mass is 10.2. The van der Waals surface area contributed by atoms with E-state index in [4.69, 9.17) is 15.7 Å². The molecular formula is C14H10BrFN2O. The molecule has 0 saturated heterocycles. The van der Waals surface area contributed by atoms with Gasteiger partial charge in [0.05, 0.1) is 16.1 Å². The molecule has 5 heteroatoms. The lowest BCUT2D eigenvalue weighted by Gasteiger charge is -2.10. The number of nitrogens with two attached hydrogens (primary N) is 1. The standard InChI is InChI=1S/C14H10BrFN2O/c1-8-4-14(11(16)6-12(8)18)19-13-3-2-9(7-17)5-10(13)15/h2-6H,18H2,1H3. The summed E-state index contributed by atoms with van der Waals surface area (Å²) < 4.78 is 19.8. The predicted molar refractivity (Wildman–Crippen MR) is 74.5 cm³/mol. The molecule has 0 fully saturated rings. The Kier molecular flexibility index (Phi) is 3.72. The Bertz CT molecular complexity index is 680. The fraction of sp³-hybridized carbons (Fsp3) is 0.0714. The van der Waals surface area contributed by atoms with E-state index in [-0.39, 0.29) is 5.75 Å². The molecule has 0 amide bonds. The average molecular weight is 321 g/mol. The van der Waals surface area contributed by atoms with Crippen LogP contribution in [-0.2, 0) is 0 Å². The fourth-order valence-electron chi connectivity index (χ4n) is 1.52. The van der Waals surface area contributed by atoms with Crippen LogP contribution in [0.1, 0.15) is 11.1 Å². The van der Waals surface area contributed by atoms with Crippen molar-refractivity contribution in [2.45, 2.75) is 6.92 Å². The Hall–Kier alpha value is -2.06. The van der Waals surface area contributed by atoms with Crippen molar-refractivity contribution in [1.82, 2.24) is 0 Å². The van der Waals surface area contributed by atoms with E-state index < -0.39 is 5.82 Å². The van der Waals surface area contributed by atoms with Gasteiger partial charge in [0.2, 0.25) is 0 Å². The number of benzene rings is 2. The third-order valence-electron chi connectivity index (χ3n) is 2.60. The summed E-state index contributed by atoms with van der Waals surface area (Å²) in [4.78, 5) is 0. The van der Waals surface area contributed by atoms with Gasteiger partial charge in [0.1, 0.15) is 5.75 Å². The smallest absolute Gasteiger partial charge is 0.167 e. The first-order valence-electron chi connectivity index (χ1n) is 5.44. The van der Waals surface area contributed by atoms with Crippen LogP contribution >= 0.6 is 15.9 Å². The van der Waals surface area contributed by atoms with Crippen LogP contribution in [0.4, 0.5) is 10.1 Å². The maximum Gasteiger partial charge on any atom is 0.167 e. The maximum absolute atomic E-state index is 13.7. The van der Waals surface area contributed by atoms with Gasteiger partial charge in [-0.1, -0.05) is 0 Å². The normalized spacial score (nSPS) is 10.0. The number of hydrogen-bond donors (Lipinski definition) is 1. The van der Waals surface area contributed by atoms with E-state index in [9.17, 15) is 4.39 Å². The highest BCUT2D eigenvalue weighted by Crippen LogP contribution is 2.33. The zero-order valence-corrected chi connectivity index (χ0v) is 11.7. The number of anilines is 1. The van der Waals surface area contributed by atoms with Crippen molar-refractivity contribution in [3.63, 3.8) is 0 Å². The van der Waals surface area contributed by atoms with Crippen LogP contribution in [0.3, 0.4) is 0 Å². The van der Waals surface area contributed by atoms with Gasteiger partial charge in [-0.15, -0.1) is 0 Å². The van der Waals surface area contributed by atoms with E-state index >= 15 is 0 Å². The summed E-state index contributed by atoms with van der Waals surface area (Å²) in [6.07, 6.45) is 0. The van der Waals surface area contributed by atoms with Crippen molar-refractivity contribution in [2.24, 2.45) is 0 Å². The zero-order valence-electron chi connectivity index (χ0n) is 10.1. The number of rotatable bonds is 2. The zero-order chi connectivity index (χ0) is 14.0. The predicted octanol–water partition coefficient (Wildman–Crippen LogP) is 4.14. The van der Waals surface area contributed by atoms with Crippen LogP contribution in [0.15, 0.2) is 34.8 Å². The molecule has 0 aliphatic rings. The topological polar surface area (TPSA) is 59.0 Å². The minimum absolute atomic E-state index is 0.0945. The van der Waals surface area contributed by atoms with Crippen molar-refractivity contribution >= 4 is 21.6 Å². The molecule has 2 aromatic carbocycles. The third kappa shape index (κ3) is 2.85. The first kappa shape index (κ1) is 13.4. The van der Waals surface area contributed by atoms with Gasteiger partial charge >= 0.3 is 0 Å². The Labute approximate surface area is 118 Å². The number of aryl methyl sites for hydroxylation is 1. The second-order valence-corrected chi connectivity index (χ2v) is 4.85. The number of nitriles is 1. The molecule has 2 aromatic rings. The summed E-state index contributed by atoms with van der Waals surface area (Å²) in [6.45, 7) is 1.77. The minimum atomic E-state index is -0.528. The van der Waals surface area contributed by atoms with E-state index in [1.807, 2.05) is 6.07 Å². The Morgan fingerprint density at radius 2 is 2.00 bits per heavy atom. The average Bonchev–Trinajstić information content (AvgIpc) is 2.38. The van der Waals surface area contributed by atoms with Gasteiger partial charge in [-0.05, 0) is 52.7 Å². The largest absolute Gasteiger partial charge is 0.453 e. The number of halogens is 2. The van der Waals surface area contributed by atoms with E-state index in [2.05, 4.69) is 15.9 Å². The van der Waals surface area contributed by atoms with Gasteiger partial charge < -0.3 is 10.5 Å². The molecule has 0 unspecified atom stereocenters. The molecule has 0 aliphatic carbocycles. The van der Waals surface area contributed by atoms with Crippen molar-refractivity contribution < 1.29 is 9.13 Å². The van der Waals surface area contributed by atoms with Crippen LogP contribution in [0.5, 0.6) is 11.5 Å². The lowest BCUT2D eigenvalue weighted by molar-refractivity contribution is 0.440. The highest BCUT2D eigenvalue weighted by atomic mass is 79.9. The van der Waals surface area contributed by atoms with Crippen molar-refractivity contribution in [1.29, 1.82) is 5.26 Å². The molecule has 2 rings (SSSR count). The molecule has 0 heterocycles. The van der Waals surface area contributed by atoms with Crippen molar-refractivity contribution in [3.05, 3.63) is 51.7 Å². The quantitative estimate of drug-likeness (QED) is 0.846. The van der Waals surface area contributed by atoms with E-state index in [1.165, 1.54) is 12.1 Å². The van der Waals surface area contributed by atoms with Gasteiger partial charge in [0, 0.05) is 11.8 Å². The number of ether oxygens (including phenoxy) is 1. The lowest BCUT2D eigenvalue weighted by Crippen LogP contribution is -1.95. The summed E-state index contributed by atoms with van der Waals surface area (Å²) in [6, 6.07) is 9.58. The Morgan fingerprint density at radius 3 is 2.63 bits per heavy atom. The minimum Gasteiger partial charge on any atom is -0.453 e. The van der Waals surface area contributed by atoms with Gasteiger partial charge in [0.15, 0.2) is 11.6 Å². The first-order valence-corrected chi connectivity index (χ1v) is 6.23. The Morgan fingerprint density at radius 1 is 1.26 bits per heavy atom. The summed E-state index contributed by atoms with van der Waals surface area (Å²) >= 11 is 3.28. The molecule has 0 spiro atoms. The maximum atomic E-state index is 13.7. The molecule has 0 bridgehead atoms. The highest BCUT2D eigenvalue weighted by Gasteiger charge is 2.10.